The summed E-state index contributed by atoms with van der Waals surface area (Å²) in [6.07, 6.45) is 1.04. The van der Waals surface area contributed by atoms with Crippen molar-refractivity contribution in [1.29, 1.82) is 0 Å². The minimum absolute atomic E-state index is 0.152. The first kappa shape index (κ1) is 13.8. The van der Waals surface area contributed by atoms with Gasteiger partial charge in [-0.1, -0.05) is 6.42 Å². The molecule has 0 bridgehead atoms. The number of rotatable bonds is 6. The van der Waals surface area contributed by atoms with Gasteiger partial charge in [-0.15, -0.1) is 0 Å². The van der Waals surface area contributed by atoms with Gasteiger partial charge in [0, 0.05) is 12.8 Å². The van der Waals surface area contributed by atoms with Gasteiger partial charge >= 0.3 is 5.97 Å². The third-order valence-corrected chi connectivity index (χ3v) is 2.71. The molecule has 1 saturated carbocycles. The van der Waals surface area contributed by atoms with Gasteiger partial charge in [0.2, 0.25) is 6.10 Å². The van der Waals surface area contributed by atoms with Crippen LogP contribution in [0.4, 0.5) is 0 Å². The van der Waals surface area contributed by atoms with Gasteiger partial charge in [-0.05, 0) is 19.4 Å². The van der Waals surface area contributed by atoms with E-state index in [1.54, 1.807) is 0 Å². The molecule has 1 fully saturated rings. The van der Waals surface area contributed by atoms with E-state index in [4.69, 9.17) is 16.2 Å². The summed E-state index contributed by atoms with van der Waals surface area (Å²) in [5.41, 5.74) is 10.9. The zero-order valence-corrected chi connectivity index (χ0v) is 9.69. The molecule has 1 aliphatic rings. The fraction of sp³-hybridized carbons (Fsp3) is 0.727. The Morgan fingerprint density at radius 2 is 1.88 bits per heavy atom. The number of carbonyl (C=O) groups excluding carboxylic acids is 3. The topological polar surface area (TPSA) is 112 Å². The number of nitrogens with two attached hydrogens (primary N) is 2. The Balaban J connectivity index is 2.37. The van der Waals surface area contributed by atoms with Gasteiger partial charge in [-0.25, -0.2) is 0 Å². The predicted octanol–water partition coefficient (Wildman–Crippen LogP) is -0.713. The Labute approximate surface area is 99.7 Å². The zero-order valence-electron chi connectivity index (χ0n) is 9.69. The number of esters is 1. The zero-order chi connectivity index (χ0) is 12.8. The fourth-order valence-electron chi connectivity index (χ4n) is 1.65. The Morgan fingerprint density at radius 3 is 2.41 bits per heavy atom. The number of hydrogen-bond donors (Lipinski definition) is 2. The molecule has 0 aromatic carbocycles. The summed E-state index contributed by atoms with van der Waals surface area (Å²) in [6, 6.07) is -0.789. The average molecular weight is 242 g/mol. The summed E-state index contributed by atoms with van der Waals surface area (Å²) in [5.74, 6) is -1.36. The number of ether oxygens (including phenoxy) is 1. The van der Waals surface area contributed by atoms with E-state index in [1.807, 2.05) is 0 Å². The second kappa shape index (κ2) is 6.46. The molecule has 4 N–H and O–H groups in total. The SMILES string of the molecule is NCCCC[C@@H](N)C(=O)OC1C(=O)CCC1=O. The van der Waals surface area contributed by atoms with Crippen LogP contribution in [0.2, 0.25) is 0 Å². The highest BCUT2D eigenvalue weighted by Gasteiger charge is 2.36. The van der Waals surface area contributed by atoms with Gasteiger partial charge in [0.25, 0.3) is 0 Å². The van der Waals surface area contributed by atoms with Crippen molar-refractivity contribution in [3.8, 4) is 0 Å². The Bertz CT molecular complexity index is 301. The van der Waals surface area contributed by atoms with Crippen LogP contribution in [0.5, 0.6) is 0 Å². The van der Waals surface area contributed by atoms with E-state index in [-0.39, 0.29) is 24.4 Å². The van der Waals surface area contributed by atoms with Gasteiger partial charge in [-0.3, -0.25) is 14.4 Å². The standard InChI is InChI=1S/C11H18N2O4/c12-6-2-1-3-7(13)11(16)17-10-8(14)4-5-9(10)15/h7,10H,1-6,12-13H2/t7-/m1/s1. The number of hydrogen-bond acceptors (Lipinski definition) is 6. The van der Waals surface area contributed by atoms with Crippen molar-refractivity contribution in [3.05, 3.63) is 0 Å². The molecule has 0 spiro atoms. The van der Waals surface area contributed by atoms with Gasteiger partial charge < -0.3 is 16.2 Å². The summed E-state index contributed by atoms with van der Waals surface area (Å²) in [4.78, 5) is 34.0. The Kier molecular flexibility index (Phi) is 5.24. The van der Waals surface area contributed by atoms with Crippen LogP contribution < -0.4 is 11.5 Å². The maximum absolute atomic E-state index is 11.5. The molecule has 0 aromatic rings. The first-order valence-corrected chi connectivity index (χ1v) is 5.78. The smallest absolute Gasteiger partial charge is 0.324 e. The van der Waals surface area contributed by atoms with Crippen LogP contribution in [0, 0.1) is 0 Å². The van der Waals surface area contributed by atoms with Gasteiger partial charge in [0.1, 0.15) is 6.04 Å². The molecule has 17 heavy (non-hydrogen) atoms. The highest BCUT2D eigenvalue weighted by molar-refractivity contribution is 6.12. The highest BCUT2D eigenvalue weighted by Crippen LogP contribution is 2.15. The second-order valence-corrected chi connectivity index (χ2v) is 4.14. The lowest BCUT2D eigenvalue weighted by Gasteiger charge is -2.14. The van der Waals surface area contributed by atoms with Crippen LogP contribution >= 0.6 is 0 Å². The minimum atomic E-state index is -1.22. The van der Waals surface area contributed by atoms with Crippen molar-refractivity contribution in [2.45, 2.75) is 44.2 Å². The fourth-order valence-corrected chi connectivity index (χ4v) is 1.65. The molecule has 0 amide bonds. The molecule has 0 aliphatic heterocycles. The highest BCUT2D eigenvalue weighted by atomic mass is 16.6. The van der Waals surface area contributed by atoms with Gasteiger partial charge in [-0.2, -0.15) is 0 Å². The number of carbonyl (C=O) groups is 3. The van der Waals surface area contributed by atoms with E-state index in [2.05, 4.69) is 0 Å². The van der Waals surface area contributed by atoms with E-state index in [1.165, 1.54) is 0 Å². The van der Waals surface area contributed by atoms with Crippen molar-refractivity contribution in [2.24, 2.45) is 11.5 Å². The van der Waals surface area contributed by atoms with Gasteiger partial charge in [0.05, 0.1) is 0 Å². The summed E-state index contributed by atoms with van der Waals surface area (Å²) in [6.45, 7) is 0.543. The Hall–Kier alpha value is -1.27. The van der Waals surface area contributed by atoms with Crippen molar-refractivity contribution in [3.63, 3.8) is 0 Å². The molecule has 6 heteroatoms. The third kappa shape index (κ3) is 3.90. The first-order chi connectivity index (χ1) is 8.06. The largest absolute Gasteiger partial charge is 0.445 e. The maximum Gasteiger partial charge on any atom is 0.324 e. The van der Waals surface area contributed by atoms with E-state index in [9.17, 15) is 14.4 Å². The molecule has 6 nitrogen and oxygen atoms in total. The second-order valence-electron chi connectivity index (χ2n) is 4.14. The molecule has 0 radical (unpaired) electrons. The normalized spacial score (nSPS) is 18.5. The van der Waals surface area contributed by atoms with Crippen LogP contribution in [-0.2, 0) is 19.1 Å². The van der Waals surface area contributed by atoms with Crippen molar-refractivity contribution in [1.82, 2.24) is 0 Å². The molecule has 0 heterocycles. The summed E-state index contributed by atoms with van der Waals surface area (Å²) in [5, 5.41) is 0. The monoisotopic (exact) mass is 242 g/mol. The summed E-state index contributed by atoms with van der Waals surface area (Å²) in [7, 11) is 0. The van der Waals surface area contributed by atoms with Crippen LogP contribution in [0.1, 0.15) is 32.1 Å². The van der Waals surface area contributed by atoms with Crippen LogP contribution in [0.3, 0.4) is 0 Å². The first-order valence-electron chi connectivity index (χ1n) is 5.78. The molecule has 0 unspecified atom stereocenters. The Morgan fingerprint density at radius 1 is 1.29 bits per heavy atom. The van der Waals surface area contributed by atoms with E-state index in [0.29, 0.717) is 13.0 Å². The van der Waals surface area contributed by atoms with E-state index >= 15 is 0 Å². The molecule has 1 aliphatic carbocycles. The lowest BCUT2D eigenvalue weighted by Crippen LogP contribution is -2.38. The molecule has 1 atom stereocenters. The van der Waals surface area contributed by atoms with Crippen molar-refractivity contribution in [2.75, 3.05) is 6.54 Å². The van der Waals surface area contributed by atoms with Crippen LogP contribution in [0.25, 0.3) is 0 Å². The van der Waals surface area contributed by atoms with E-state index in [0.717, 1.165) is 12.8 Å². The molecule has 1 rings (SSSR count). The number of ketones is 2. The van der Waals surface area contributed by atoms with Crippen LogP contribution in [-0.4, -0.2) is 36.2 Å². The molecular weight excluding hydrogens is 224 g/mol. The van der Waals surface area contributed by atoms with E-state index < -0.39 is 18.1 Å². The molecule has 96 valence electrons. The quantitative estimate of drug-likeness (QED) is 0.361. The van der Waals surface area contributed by atoms with Crippen molar-refractivity contribution >= 4 is 17.5 Å². The average Bonchev–Trinajstić information content (AvgIpc) is 2.61. The maximum atomic E-state index is 11.5. The molecular formula is C11H18N2O4. The predicted molar refractivity (Wildman–Crippen MR) is 60.0 cm³/mol. The summed E-state index contributed by atoms with van der Waals surface area (Å²) < 4.78 is 4.83. The van der Waals surface area contributed by atoms with Crippen molar-refractivity contribution < 1.29 is 19.1 Å². The lowest BCUT2D eigenvalue weighted by molar-refractivity contribution is -0.158. The molecule has 0 saturated heterocycles. The number of Topliss-reactive ketones (excluding diaryl/α,β-unsaturated/α-hetero) is 2. The summed E-state index contributed by atoms with van der Waals surface area (Å²) >= 11 is 0. The molecule has 0 aromatic heterocycles. The number of unbranched alkanes of at least 4 members (excludes halogenated alkanes) is 1. The lowest BCUT2D eigenvalue weighted by atomic mass is 10.1. The third-order valence-electron chi connectivity index (χ3n) is 2.71. The van der Waals surface area contributed by atoms with Gasteiger partial charge in [0.15, 0.2) is 11.6 Å². The van der Waals surface area contributed by atoms with Crippen LogP contribution in [0.15, 0.2) is 0 Å². The minimum Gasteiger partial charge on any atom is -0.445 e.